The smallest absolute Gasteiger partial charge is 0.0698 e. The Hall–Kier alpha value is -0.770. The number of aryl methyl sites for hydroxylation is 1. The average Bonchev–Trinajstić information content (AvgIpc) is 2.20. The molecule has 1 aromatic rings. The van der Waals surface area contributed by atoms with Gasteiger partial charge < -0.3 is 15.2 Å². The monoisotopic (exact) mass is 229 g/mol. The fraction of sp³-hybridized carbons (Fsp3) is 0.455. The van der Waals surface area contributed by atoms with Gasteiger partial charge in [0.25, 0.3) is 0 Å². The maximum atomic E-state index is 8.49. The largest absolute Gasteiger partial charge is 0.394 e. The number of nitrogens with one attached hydrogen (secondary N) is 1. The fourth-order valence-electron chi connectivity index (χ4n) is 1.19. The van der Waals surface area contributed by atoms with E-state index < -0.39 is 0 Å². The Morgan fingerprint density at radius 2 is 2.20 bits per heavy atom. The molecule has 1 aromatic carbocycles. The van der Waals surface area contributed by atoms with E-state index in [2.05, 4.69) is 5.32 Å². The van der Waals surface area contributed by atoms with E-state index in [1.807, 2.05) is 25.1 Å². The van der Waals surface area contributed by atoms with E-state index in [-0.39, 0.29) is 6.61 Å². The third-order valence-corrected chi connectivity index (χ3v) is 2.23. The first kappa shape index (κ1) is 12.3. The summed E-state index contributed by atoms with van der Waals surface area (Å²) in [5.74, 6) is 0. The number of hydrogen-bond donors (Lipinski definition) is 2. The molecule has 0 atom stereocenters. The predicted octanol–water partition coefficient (Wildman–Crippen LogP) is 2.07. The van der Waals surface area contributed by atoms with E-state index in [9.17, 15) is 0 Å². The van der Waals surface area contributed by atoms with Crippen molar-refractivity contribution in [3.05, 3.63) is 28.8 Å². The molecule has 4 heteroatoms. The lowest BCUT2D eigenvalue weighted by molar-refractivity contribution is 0.0992. The van der Waals surface area contributed by atoms with E-state index in [4.69, 9.17) is 21.4 Å². The van der Waals surface area contributed by atoms with Gasteiger partial charge in [0.1, 0.15) is 0 Å². The predicted molar refractivity (Wildman–Crippen MR) is 62.6 cm³/mol. The lowest BCUT2D eigenvalue weighted by atomic mass is 10.2. The van der Waals surface area contributed by atoms with Crippen molar-refractivity contribution >= 4 is 17.3 Å². The minimum Gasteiger partial charge on any atom is -0.394 e. The molecule has 0 fully saturated rings. The van der Waals surface area contributed by atoms with Gasteiger partial charge in [0.05, 0.1) is 30.5 Å². The molecule has 0 aliphatic carbocycles. The van der Waals surface area contributed by atoms with Gasteiger partial charge in [-0.3, -0.25) is 0 Å². The van der Waals surface area contributed by atoms with E-state index in [0.29, 0.717) is 19.8 Å². The summed E-state index contributed by atoms with van der Waals surface area (Å²) < 4.78 is 5.11. The highest BCUT2D eigenvalue weighted by atomic mass is 35.5. The van der Waals surface area contributed by atoms with Crippen LogP contribution < -0.4 is 5.32 Å². The first-order valence-corrected chi connectivity index (χ1v) is 5.30. The molecule has 0 unspecified atom stereocenters. The molecule has 0 saturated heterocycles. The lowest BCUT2D eigenvalue weighted by Gasteiger charge is -2.08. The SMILES string of the molecule is Cc1ccc(NCCOCCO)c(Cl)c1. The van der Waals surface area contributed by atoms with Crippen LogP contribution in [0.4, 0.5) is 5.69 Å². The summed E-state index contributed by atoms with van der Waals surface area (Å²) in [5, 5.41) is 12.4. The molecule has 0 aliphatic rings. The van der Waals surface area contributed by atoms with Gasteiger partial charge in [0, 0.05) is 6.54 Å². The number of ether oxygens (including phenoxy) is 1. The minimum atomic E-state index is 0.0608. The van der Waals surface area contributed by atoms with E-state index in [1.165, 1.54) is 0 Å². The molecule has 0 saturated carbocycles. The van der Waals surface area contributed by atoms with Crippen molar-refractivity contribution in [2.24, 2.45) is 0 Å². The van der Waals surface area contributed by atoms with Crippen LogP contribution in [0.5, 0.6) is 0 Å². The van der Waals surface area contributed by atoms with Crippen molar-refractivity contribution in [2.45, 2.75) is 6.92 Å². The number of aliphatic hydroxyl groups excluding tert-OH is 1. The summed E-state index contributed by atoms with van der Waals surface area (Å²) in [6.45, 7) is 3.68. The Morgan fingerprint density at radius 1 is 1.40 bits per heavy atom. The van der Waals surface area contributed by atoms with Crippen LogP contribution in [0.3, 0.4) is 0 Å². The molecule has 1 rings (SSSR count). The summed E-state index contributed by atoms with van der Waals surface area (Å²) >= 11 is 6.03. The highest BCUT2D eigenvalue weighted by Crippen LogP contribution is 2.22. The zero-order chi connectivity index (χ0) is 11.1. The Kier molecular flexibility index (Phi) is 5.47. The van der Waals surface area contributed by atoms with Gasteiger partial charge in [0.15, 0.2) is 0 Å². The number of halogens is 1. The number of aliphatic hydroxyl groups is 1. The first-order valence-electron chi connectivity index (χ1n) is 4.92. The Balaban J connectivity index is 2.31. The number of rotatable bonds is 6. The van der Waals surface area contributed by atoms with Gasteiger partial charge in [-0.25, -0.2) is 0 Å². The van der Waals surface area contributed by atoms with Crippen molar-refractivity contribution in [2.75, 3.05) is 31.7 Å². The van der Waals surface area contributed by atoms with Crippen molar-refractivity contribution in [3.63, 3.8) is 0 Å². The first-order chi connectivity index (χ1) is 7.24. The molecule has 0 aromatic heterocycles. The maximum Gasteiger partial charge on any atom is 0.0698 e. The van der Waals surface area contributed by atoms with E-state index in [1.54, 1.807) is 0 Å². The van der Waals surface area contributed by atoms with Crippen molar-refractivity contribution in [1.82, 2.24) is 0 Å². The zero-order valence-corrected chi connectivity index (χ0v) is 9.55. The van der Waals surface area contributed by atoms with Crippen LogP contribution in [0.1, 0.15) is 5.56 Å². The standard InChI is InChI=1S/C11H16ClNO2/c1-9-2-3-11(10(12)8-9)13-4-6-15-7-5-14/h2-3,8,13-14H,4-7H2,1H3. The summed E-state index contributed by atoms with van der Waals surface area (Å²) in [5.41, 5.74) is 2.05. The zero-order valence-electron chi connectivity index (χ0n) is 8.79. The van der Waals surface area contributed by atoms with Crippen LogP contribution in [0.25, 0.3) is 0 Å². The van der Waals surface area contributed by atoms with Crippen molar-refractivity contribution in [1.29, 1.82) is 0 Å². The highest BCUT2D eigenvalue weighted by molar-refractivity contribution is 6.33. The minimum absolute atomic E-state index is 0.0608. The van der Waals surface area contributed by atoms with Crippen LogP contribution in [0.2, 0.25) is 5.02 Å². The van der Waals surface area contributed by atoms with Crippen LogP contribution in [-0.2, 0) is 4.74 Å². The lowest BCUT2D eigenvalue weighted by Crippen LogP contribution is -2.11. The van der Waals surface area contributed by atoms with Crippen molar-refractivity contribution in [3.8, 4) is 0 Å². The molecule has 0 amide bonds. The van der Waals surface area contributed by atoms with Gasteiger partial charge in [-0.05, 0) is 24.6 Å². The van der Waals surface area contributed by atoms with Crippen LogP contribution >= 0.6 is 11.6 Å². The van der Waals surface area contributed by atoms with Gasteiger partial charge >= 0.3 is 0 Å². The van der Waals surface area contributed by atoms with Gasteiger partial charge in [-0.15, -0.1) is 0 Å². The topological polar surface area (TPSA) is 41.5 Å². The Bertz CT molecular complexity index is 305. The molecular formula is C11H16ClNO2. The molecule has 0 heterocycles. The van der Waals surface area contributed by atoms with Crippen molar-refractivity contribution < 1.29 is 9.84 Å². The second-order valence-corrected chi connectivity index (χ2v) is 3.65. The second kappa shape index (κ2) is 6.67. The van der Waals surface area contributed by atoms with Gasteiger partial charge in [0.2, 0.25) is 0 Å². The molecule has 3 nitrogen and oxygen atoms in total. The average molecular weight is 230 g/mol. The molecule has 84 valence electrons. The number of hydrogen-bond acceptors (Lipinski definition) is 3. The van der Waals surface area contributed by atoms with Crippen LogP contribution in [0, 0.1) is 6.92 Å². The maximum absolute atomic E-state index is 8.49. The quantitative estimate of drug-likeness (QED) is 0.734. The highest BCUT2D eigenvalue weighted by Gasteiger charge is 1.98. The summed E-state index contributed by atoms with van der Waals surface area (Å²) in [4.78, 5) is 0. The van der Waals surface area contributed by atoms with Crippen LogP contribution in [-0.4, -0.2) is 31.5 Å². The number of anilines is 1. The van der Waals surface area contributed by atoms with Gasteiger partial charge in [-0.1, -0.05) is 17.7 Å². The molecule has 0 aliphatic heterocycles. The van der Waals surface area contributed by atoms with Gasteiger partial charge in [-0.2, -0.15) is 0 Å². The summed E-state index contributed by atoms with van der Waals surface area (Å²) in [6, 6.07) is 5.87. The Morgan fingerprint density at radius 3 is 2.87 bits per heavy atom. The summed E-state index contributed by atoms with van der Waals surface area (Å²) in [7, 11) is 0. The van der Waals surface area contributed by atoms with E-state index >= 15 is 0 Å². The summed E-state index contributed by atoms with van der Waals surface area (Å²) in [6.07, 6.45) is 0. The fourth-order valence-corrected chi connectivity index (χ4v) is 1.49. The third kappa shape index (κ3) is 4.51. The molecule has 0 spiro atoms. The second-order valence-electron chi connectivity index (χ2n) is 3.25. The molecule has 15 heavy (non-hydrogen) atoms. The molecule has 2 N–H and O–H groups in total. The Labute approximate surface area is 95.0 Å². The molecular weight excluding hydrogens is 214 g/mol. The molecule has 0 bridgehead atoms. The third-order valence-electron chi connectivity index (χ3n) is 1.92. The van der Waals surface area contributed by atoms with E-state index in [0.717, 1.165) is 16.3 Å². The normalized spacial score (nSPS) is 10.3. The van der Waals surface area contributed by atoms with Crippen LogP contribution in [0.15, 0.2) is 18.2 Å². The molecule has 0 radical (unpaired) electrons. The number of benzene rings is 1.